The third-order valence-electron chi connectivity index (χ3n) is 6.97. The Hall–Kier alpha value is -4.13. The Morgan fingerprint density at radius 3 is 2.49 bits per heavy atom. The number of nitrogens with zero attached hydrogens (tertiary/aromatic N) is 5. The summed E-state index contributed by atoms with van der Waals surface area (Å²) in [5.74, 6) is -0.0247. The maximum atomic E-state index is 13.9. The van der Waals surface area contributed by atoms with E-state index < -0.39 is 23.3 Å². The van der Waals surface area contributed by atoms with E-state index in [4.69, 9.17) is 19.2 Å². The third-order valence-corrected chi connectivity index (χ3v) is 6.97. The number of carbonyl (C=O) groups is 1. The van der Waals surface area contributed by atoms with Crippen LogP contribution in [-0.2, 0) is 6.18 Å². The van der Waals surface area contributed by atoms with Gasteiger partial charge in [-0.3, -0.25) is 4.79 Å². The molecular weight excluding hydrogens is 565 g/mol. The number of piperazine rings is 1. The zero-order chi connectivity index (χ0) is 31.0. The van der Waals surface area contributed by atoms with Gasteiger partial charge in [-0.05, 0) is 57.6 Å². The van der Waals surface area contributed by atoms with E-state index in [1.54, 1.807) is 13.1 Å². The van der Waals surface area contributed by atoms with Crippen LogP contribution in [0.2, 0.25) is 0 Å². The molecule has 1 fully saturated rings. The molecule has 1 saturated heterocycles. The molecule has 0 spiro atoms. The molecule has 43 heavy (non-hydrogen) atoms. The maximum Gasteiger partial charge on any atom is 0.434 e. The number of aromatic nitrogens is 3. The van der Waals surface area contributed by atoms with Crippen LogP contribution >= 0.6 is 0 Å². The molecule has 232 valence electrons. The topological polar surface area (TPSA) is 102 Å². The fraction of sp³-hybridized carbons (Fsp3) is 0.467. The highest BCUT2D eigenvalue weighted by Crippen LogP contribution is 2.36. The second kappa shape index (κ2) is 14.4. The third kappa shape index (κ3) is 7.45. The lowest BCUT2D eigenvalue weighted by atomic mass is 10.1. The van der Waals surface area contributed by atoms with Gasteiger partial charge >= 0.3 is 6.18 Å². The van der Waals surface area contributed by atoms with Crippen molar-refractivity contribution >= 4 is 11.6 Å². The lowest BCUT2D eigenvalue weighted by molar-refractivity contribution is -0.141. The number of ether oxygens (including phenoxy) is 3. The number of nitrogens with one attached hydrogen (secondary N) is 1. The lowest BCUT2D eigenvalue weighted by Gasteiger charge is -2.43. The highest BCUT2D eigenvalue weighted by atomic mass is 19.4. The molecule has 0 unspecified atom stereocenters. The first-order valence-electron chi connectivity index (χ1n) is 14.3. The van der Waals surface area contributed by atoms with Crippen molar-refractivity contribution in [3.8, 4) is 28.9 Å². The van der Waals surface area contributed by atoms with Crippen molar-refractivity contribution < 1.29 is 32.2 Å². The van der Waals surface area contributed by atoms with Crippen molar-refractivity contribution in [2.75, 3.05) is 57.9 Å². The van der Waals surface area contributed by atoms with Gasteiger partial charge in [-0.1, -0.05) is 6.92 Å². The summed E-state index contributed by atoms with van der Waals surface area (Å²) in [5, 5.41) is 3.05. The van der Waals surface area contributed by atoms with Crippen molar-refractivity contribution in [2.24, 2.45) is 0 Å². The maximum absolute atomic E-state index is 13.9. The first-order chi connectivity index (χ1) is 20.7. The molecule has 0 radical (unpaired) electrons. The number of halogens is 3. The number of rotatable bonds is 12. The van der Waals surface area contributed by atoms with E-state index in [1.165, 1.54) is 11.0 Å². The van der Waals surface area contributed by atoms with Crippen molar-refractivity contribution in [2.45, 2.75) is 39.4 Å². The van der Waals surface area contributed by atoms with Gasteiger partial charge in [0.2, 0.25) is 17.6 Å². The highest BCUT2D eigenvalue weighted by molar-refractivity contribution is 5.95. The van der Waals surface area contributed by atoms with Crippen molar-refractivity contribution in [3.63, 3.8) is 0 Å². The molecule has 4 rings (SSSR count). The Kier molecular flexibility index (Phi) is 10.6. The van der Waals surface area contributed by atoms with Gasteiger partial charge in [0.25, 0.3) is 5.91 Å². The molecule has 0 aromatic carbocycles. The predicted octanol–water partition coefficient (Wildman–Crippen LogP) is 4.69. The van der Waals surface area contributed by atoms with Gasteiger partial charge < -0.3 is 29.3 Å². The van der Waals surface area contributed by atoms with Gasteiger partial charge in [-0.2, -0.15) is 13.2 Å². The largest absolute Gasteiger partial charge is 0.478 e. The number of likely N-dealkylation sites (N-methyl/N-ethyl adjacent to an activating group) is 1. The first kappa shape index (κ1) is 31.8. The summed E-state index contributed by atoms with van der Waals surface area (Å²) in [7, 11) is 1.82. The minimum Gasteiger partial charge on any atom is -0.478 e. The van der Waals surface area contributed by atoms with Crippen LogP contribution in [0.4, 0.5) is 18.9 Å². The van der Waals surface area contributed by atoms with E-state index in [9.17, 15) is 18.0 Å². The Morgan fingerprint density at radius 1 is 1.00 bits per heavy atom. The van der Waals surface area contributed by atoms with Crippen LogP contribution < -0.4 is 24.4 Å². The second-order valence-corrected chi connectivity index (χ2v) is 9.74. The number of hydrogen-bond donors (Lipinski definition) is 1. The molecule has 1 aliphatic heterocycles. The summed E-state index contributed by atoms with van der Waals surface area (Å²) < 4.78 is 58.6. The number of pyridine rings is 3. The van der Waals surface area contributed by atoms with Gasteiger partial charge in [0.05, 0.1) is 30.0 Å². The minimum absolute atomic E-state index is 0.157. The Balaban J connectivity index is 1.62. The molecule has 0 saturated carbocycles. The Morgan fingerprint density at radius 2 is 1.79 bits per heavy atom. The van der Waals surface area contributed by atoms with Gasteiger partial charge in [0, 0.05) is 44.5 Å². The summed E-state index contributed by atoms with van der Waals surface area (Å²) in [5.41, 5.74) is 0.341. The fourth-order valence-electron chi connectivity index (χ4n) is 4.93. The number of alkyl halides is 3. The van der Waals surface area contributed by atoms with Crippen molar-refractivity contribution in [1.82, 2.24) is 25.2 Å². The number of anilines is 1. The summed E-state index contributed by atoms with van der Waals surface area (Å²) in [6.45, 7) is 7.86. The highest BCUT2D eigenvalue weighted by Gasteiger charge is 2.40. The SMILES string of the molecule is CCOc1ccc(C(=O)N2CCN(c3ccc(-c4cccnc4OCC)nc3OCCNC)[C@H](CC)C2)c(C(F)(F)F)n1. The molecule has 13 heteroatoms. The molecule has 4 heterocycles. The van der Waals surface area contributed by atoms with E-state index in [2.05, 4.69) is 20.2 Å². The molecule has 10 nitrogen and oxygen atoms in total. The van der Waals surface area contributed by atoms with Crippen LogP contribution in [0.5, 0.6) is 17.6 Å². The molecule has 0 bridgehead atoms. The average Bonchev–Trinajstić information content (AvgIpc) is 3.01. The zero-order valence-corrected chi connectivity index (χ0v) is 24.8. The van der Waals surface area contributed by atoms with Crippen LogP contribution in [0.3, 0.4) is 0 Å². The van der Waals surface area contributed by atoms with E-state index in [0.29, 0.717) is 50.2 Å². The molecule has 1 aliphatic rings. The predicted molar refractivity (Wildman–Crippen MR) is 156 cm³/mol. The van der Waals surface area contributed by atoms with Crippen molar-refractivity contribution in [1.29, 1.82) is 0 Å². The smallest absolute Gasteiger partial charge is 0.434 e. The number of hydrogen-bond acceptors (Lipinski definition) is 9. The summed E-state index contributed by atoms with van der Waals surface area (Å²) in [6, 6.07) is 9.70. The van der Waals surface area contributed by atoms with E-state index >= 15 is 0 Å². The van der Waals surface area contributed by atoms with Crippen LogP contribution in [0.15, 0.2) is 42.6 Å². The van der Waals surface area contributed by atoms with Gasteiger partial charge in [0.15, 0.2) is 5.69 Å². The van der Waals surface area contributed by atoms with Gasteiger partial charge in [-0.15, -0.1) is 0 Å². The van der Waals surface area contributed by atoms with E-state index in [-0.39, 0.29) is 31.6 Å². The van der Waals surface area contributed by atoms with Crippen LogP contribution in [0.25, 0.3) is 11.3 Å². The van der Waals surface area contributed by atoms with Crippen molar-refractivity contribution in [3.05, 3.63) is 53.9 Å². The molecule has 3 aromatic heterocycles. The Bertz CT molecular complexity index is 1390. The second-order valence-electron chi connectivity index (χ2n) is 9.74. The number of carbonyl (C=O) groups excluding carboxylic acids is 1. The summed E-state index contributed by atoms with van der Waals surface area (Å²) in [6.07, 6.45) is -2.53. The molecule has 1 N–H and O–H groups in total. The minimum atomic E-state index is -4.81. The average molecular weight is 603 g/mol. The molecule has 1 amide bonds. The molecule has 3 aromatic rings. The summed E-state index contributed by atoms with van der Waals surface area (Å²) >= 11 is 0. The van der Waals surface area contributed by atoms with E-state index in [1.807, 2.05) is 45.2 Å². The molecule has 1 atom stereocenters. The van der Waals surface area contributed by atoms with Crippen LogP contribution in [0, 0.1) is 0 Å². The van der Waals surface area contributed by atoms with Gasteiger partial charge in [0.1, 0.15) is 12.3 Å². The standard InChI is InChI=1S/C30H37F3N6O4/c1-5-20-19-38(29(40)22-10-13-25(41-6-2)37-26(22)30(31,32)33)16-17-39(20)24-12-11-23(36-28(24)43-18-15-34-4)21-9-8-14-35-27(21)42-7-3/h8-14,20,34H,5-7,15-19H2,1-4H3/t20-/m1/s1. The quantitative estimate of drug-likeness (QED) is 0.296. The monoisotopic (exact) mass is 602 g/mol. The zero-order valence-electron chi connectivity index (χ0n) is 24.8. The number of amides is 1. The normalized spacial score (nSPS) is 15.4. The van der Waals surface area contributed by atoms with E-state index in [0.717, 1.165) is 17.3 Å². The molecular formula is C30H37F3N6O4. The van der Waals surface area contributed by atoms with Crippen LogP contribution in [-0.4, -0.2) is 84.8 Å². The first-order valence-corrected chi connectivity index (χ1v) is 14.3. The Labute approximate surface area is 249 Å². The molecule has 0 aliphatic carbocycles. The van der Waals surface area contributed by atoms with Gasteiger partial charge in [-0.25, -0.2) is 15.0 Å². The summed E-state index contributed by atoms with van der Waals surface area (Å²) in [4.78, 5) is 29.7. The fourth-order valence-corrected chi connectivity index (χ4v) is 4.93. The van der Waals surface area contributed by atoms with Crippen LogP contribution in [0.1, 0.15) is 43.2 Å². The lowest BCUT2D eigenvalue weighted by Crippen LogP contribution is -2.55.